The first-order valence-electron chi connectivity index (χ1n) is 5.69. The van der Waals surface area contributed by atoms with Gasteiger partial charge in [0.1, 0.15) is 22.3 Å². The molecular formula is C12H13N3O3S. The zero-order valence-electron chi connectivity index (χ0n) is 10.5. The Morgan fingerprint density at radius 3 is 2.89 bits per heavy atom. The van der Waals surface area contributed by atoms with Crippen LogP contribution in [0.2, 0.25) is 0 Å². The number of carboxylic acid groups (broad SMARTS) is 1. The van der Waals surface area contributed by atoms with Gasteiger partial charge in [-0.15, -0.1) is 5.10 Å². The maximum absolute atomic E-state index is 11.2. The molecule has 0 atom stereocenters. The molecule has 0 aliphatic rings. The van der Waals surface area contributed by atoms with E-state index < -0.39 is 5.97 Å². The van der Waals surface area contributed by atoms with E-state index in [2.05, 4.69) is 15.2 Å². The Morgan fingerprint density at radius 1 is 1.58 bits per heavy atom. The molecule has 0 aromatic carbocycles. The Balaban J connectivity index is 2.21. The lowest BCUT2D eigenvalue weighted by Gasteiger charge is -1.97. The molecule has 0 spiro atoms. The van der Waals surface area contributed by atoms with E-state index in [1.54, 1.807) is 19.1 Å². The van der Waals surface area contributed by atoms with Gasteiger partial charge in [0.25, 0.3) is 0 Å². The highest BCUT2D eigenvalue weighted by molar-refractivity contribution is 8.04. The van der Waals surface area contributed by atoms with Crippen LogP contribution in [0.25, 0.3) is 6.08 Å². The zero-order valence-corrected chi connectivity index (χ0v) is 11.3. The van der Waals surface area contributed by atoms with E-state index in [1.165, 1.54) is 6.08 Å². The summed E-state index contributed by atoms with van der Waals surface area (Å²) in [5.74, 6) is 0.906. The largest absolute Gasteiger partial charge is 0.477 e. The van der Waals surface area contributed by atoms with Gasteiger partial charge in [0.2, 0.25) is 5.16 Å². The number of aliphatic carboxylic acids is 1. The maximum Gasteiger partial charge on any atom is 0.342 e. The van der Waals surface area contributed by atoms with E-state index >= 15 is 0 Å². The van der Waals surface area contributed by atoms with Crippen LogP contribution >= 0.6 is 11.8 Å². The van der Waals surface area contributed by atoms with Crippen molar-refractivity contribution in [2.75, 3.05) is 0 Å². The highest BCUT2D eigenvalue weighted by Gasteiger charge is 2.14. The number of carbonyl (C=O) groups is 1. The molecule has 0 aliphatic heterocycles. The Bertz CT molecular complexity index is 615. The summed E-state index contributed by atoms with van der Waals surface area (Å²) in [7, 11) is 0. The van der Waals surface area contributed by atoms with Crippen LogP contribution < -0.4 is 0 Å². The fourth-order valence-electron chi connectivity index (χ4n) is 1.37. The summed E-state index contributed by atoms with van der Waals surface area (Å²) in [5.41, 5.74) is 0. The van der Waals surface area contributed by atoms with E-state index in [9.17, 15) is 9.90 Å². The average molecular weight is 279 g/mol. The van der Waals surface area contributed by atoms with Crippen LogP contribution in [0, 0.1) is 6.92 Å². The molecule has 0 fully saturated rings. The Morgan fingerprint density at radius 2 is 2.37 bits per heavy atom. The van der Waals surface area contributed by atoms with Crippen molar-refractivity contribution in [1.82, 2.24) is 15.2 Å². The third-order valence-electron chi connectivity index (χ3n) is 2.29. The molecule has 0 saturated carbocycles. The third-order valence-corrected chi connectivity index (χ3v) is 3.17. The first-order valence-corrected chi connectivity index (χ1v) is 6.50. The second-order valence-electron chi connectivity index (χ2n) is 3.78. The molecule has 2 aromatic heterocycles. The van der Waals surface area contributed by atoms with Gasteiger partial charge < -0.3 is 9.52 Å². The van der Waals surface area contributed by atoms with Gasteiger partial charge in [-0.1, -0.05) is 6.92 Å². The SMILES string of the molecule is CCc1nc(S/C(=C\c2ccc(C)o2)C(=O)O)n[nH]1. The lowest BCUT2D eigenvalue weighted by molar-refractivity contribution is -0.131. The monoisotopic (exact) mass is 279 g/mol. The van der Waals surface area contributed by atoms with E-state index in [4.69, 9.17) is 4.42 Å². The number of hydrogen-bond acceptors (Lipinski definition) is 5. The molecule has 0 bridgehead atoms. The van der Waals surface area contributed by atoms with Gasteiger partial charge in [0, 0.05) is 12.5 Å². The van der Waals surface area contributed by atoms with Crippen molar-refractivity contribution in [1.29, 1.82) is 0 Å². The molecule has 2 heterocycles. The molecule has 2 aromatic rings. The number of aromatic nitrogens is 3. The van der Waals surface area contributed by atoms with E-state index in [-0.39, 0.29) is 4.91 Å². The molecule has 0 unspecified atom stereocenters. The summed E-state index contributed by atoms with van der Waals surface area (Å²) in [5, 5.41) is 16.2. The summed E-state index contributed by atoms with van der Waals surface area (Å²) in [6.45, 7) is 3.74. The molecular weight excluding hydrogens is 266 g/mol. The van der Waals surface area contributed by atoms with E-state index in [0.717, 1.165) is 29.8 Å². The van der Waals surface area contributed by atoms with Crippen molar-refractivity contribution in [3.8, 4) is 0 Å². The van der Waals surface area contributed by atoms with Crippen LogP contribution in [0.1, 0.15) is 24.3 Å². The molecule has 0 amide bonds. The topological polar surface area (TPSA) is 92.0 Å². The summed E-state index contributed by atoms with van der Waals surface area (Å²) < 4.78 is 5.33. The van der Waals surface area contributed by atoms with Crippen LogP contribution in [0.15, 0.2) is 26.6 Å². The Hall–Kier alpha value is -2.02. The second kappa shape index (κ2) is 5.75. The van der Waals surface area contributed by atoms with E-state index in [1.807, 2.05) is 6.92 Å². The van der Waals surface area contributed by atoms with Gasteiger partial charge in [-0.25, -0.2) is 9.78 Å². The lowest BCUT2D eigenvalue weighted by atomic mass is 10.4. The van der Waals surface area contributed by atoms with Crippen molar-refractivity contribution in [2.24, 2.45) is 0 Å². The van der Waals surface area contributed by atoms with Crippen molar-refractivity contribution in [3.63, 3.8) is 0 Å². The summed E-state index contributed by atoms with van der Waals surface area (Å²) >= 11 is 0.985. The van der Waals surface area contributed by atoms with E-state index in [0.29, 0.717) is 10.9 Å². The van der Waals surface area contributed by atoms with Gasteiger partial charge in [0.05, 0.1) is 0 Å². The van der Waals surface area contributed by atoms with Crippen LogP contribution in [-0.2, 0) is 11.2 Å². The van der Waals surface area contributed by atoms with Crippen molar-refractivity contribution in [2.45, 2.75) is 25.4 Å². The minimum Gasteiger partial charge on any atom is -0.477 e. The van der Waals surface area contributed by atoms with Crippen LogP contribution in [0.5, 0.6) is 0 Å². The second-order valence-corrected chi connectivity index (χ2v) is 4.79. The predicted molar refractivity (Wildman–Crippen MR) is 70.7 cm³/mol. The number of nitrogens with one attached hydrogen (secondary N) is 1. The van der Waals surface area contributed by atoms with Gasteiger partial charge in [0.15, 0.2) is 0 Å². The maximum atomic E-state index is 11.2. The number of rotatable bonds is 5. The molecule has 7 heteroatoms. The zero-order chi connectivity index (χ0) is 13.8. The smallest absolute Gasteiger partial charge is 0.342 e. The fourth-order valence-corrected chi connectivity index (χ4v) is 2.08. The number of thioether (sulfide) groups is 1. The van der Waals surface area contributed by atoms with Gasteiger partial charge in [-0.3, -0.25) is 5.10 Å². The summed E-state index contributed by atoms with van der Waals surface area (Å²) in [6.07, 6.45) is 2.18. The lowest BCUT2D eigenvalue weighted by Crippen LogP contribution is -1.97. The first-order chi connectivity index (χ1) is 9.08. The quantitative estimate of drug-likeness (QED) is 0.645. The number of furan rings is 1. The molecule has 6 nitrogen and oxygen atoms in total. The molecule has 2 N–H and O–H groups in total. The highest BCUT2D eigenvalue weighted by atomic mass is 32.2. The predicted octanol–water partition coefficient (Wildman–Crippen LogP) is 2.49. The minimum absolute atomic E-state index is 0.107. The molecule has 19 heavy (non-hydrogen) atoms. The molecule has 2 rings (SSSR count). The first kappa shape index (κ1) is 13.4. The number of carboxylic acids is 1. The number of aromatic amines is 1. The third kappa shape index (κ3) is 3.47. The number of nitrogens with zero attached hydrogens (tertiary/aromatic N) is 2. The fraction of sp³-hybridized carbons (Fsp3) is 0.250. The van der Waals surface area contributed by atoms with Crippen molar-refractivity contribution < 1.29 is 14.3 Å². The van der Waals surface area contributed by atoms with Crippen molar-refractivity contribution >= 4 is 23.8 Å². The van der Waals surface area contributed by atoms with Gasteiger partial charge in [-0.05, 0) is 30.8 Å². The molecule has 0 radical (unpaired) electrons. The van der Waals surface area contributed by atoms with Crippen LogP contribution in [0.3, 0.4) is 0 Å². The van der Waals surface area contributed by atoms with Crippen LogP contribution in [0.4, 0.5) is 0 Å². The standard InChI is InChI=1S/C12H13N3O3S/c1-3-10-13-12(15-14-10)19-9(11(16)17)6-8-5-4-7(2)18-8/h4-6H,3H2,1-2H3,(H,16,17)(H,13,14,15)/b9-6-. The number of H-pyrrole nitrogens is 1. The summed E-state index contributed by atoms with van der Waals surface area (Å²) in [4.78, 5) is 15.5. The highest BCUT2D eigenvalue weighted by Crippen LogP contribution is 2.26. The minimum atomic E-state index is -1.04. The molecule has 0 saturated heterocycles. The molecule has 0 aliphatic carbocycles. The number of aryl methyl sites for hydroxylation is 2. The Labute approximate surface area is 113 Å². The Kier molecular flexibility index (Phi) is 4.06. The van der Waals surface area contributed by atoms with Gasteiger partial charge >= 0.3 is 5.97 Å². The van der Waals surface area contributed by atoms with Crippen LogP contribution in [-0.4, -0.2) is 26.3 Å². The summed E-state index contributed by atoms with van der Waals surface area (Å²) in [6, 6.07) is 3.49. The van der Waals surface area contributed by atoms with Crippen molar-refractivity contribution in [3.05, 3.63) is 34.4 Å². The normalized spacial score (nSPS) is 11.8. The average Bonchev–Trinajstić information content (AvgIpc) is 2.97. The van der Waals surface area contributed by atoms with Gasteiger partial charge in [-0.2, -0.15) is 0 Å². The molecule has 100 valence electrons. The number of hydrogen-bond donors (Lipinski definition) is 2.